The smallest absolute Gasteiger partial charge is 0.337 e. The summed E-state index contributed by atoms with van der Waals surface area (Å²) in [5.74, 6) is -1.38. The molecule has 104 valence electrons. The van der Waals surface area contributed by atoms with Crippen molar-refractivity contribution < 1.29 is 14.3 Å². The molecule has 0 aliphatic rings. The molecule has 1 aromatic heterocycles. The maximum absolute atomic E-state index is 13.8. The summed E-state index contributed by atoms with van der Waals surface area (Å²) in [6.45, 7) is 0. The third-order valence-corrected chi connectivity index (χ3v) is 3.15. The number of aromatic nitrogens is 2. The van der Waals surface area contributed by atoms with Gasteiger partial charge in [0.1, 0.15) is 5.82 Å². The fourth-order valence-electron chi connectivity index (χ4n) is 2.14. The van der Waals surface area contributed by atoms with E-state index in [4.69, 9.17) is 0 Å². The second-order valence-corrected chi connectivity index (χ2v) is 4.48. The van der Waals surface area contributed by atoms with E-state index >= 15 is 0 Å². The number of aromatic carboxylic acids is 1. The van der Waals surface area contributed by atoms with Crippen LogP contribution in [0.5, 0.6) is 0 Å². The van der Waals surface area contributed by atoms with Gasteiger partial charge in [0.05, 0.1) is 17.4 Å². The molecular weight excluding hydrogens is 271 g/mol. The van der Waals surface area contributed by atoms with Gasteiger partial charge in [-0.2, -0.15) is 5.10 Å². The molecule has 0 saturated heterocycles. The molecule has 0 amide bonds. The molecule has 1 heterocycles. The van der Waals surface area contributed by atoms with Crippen molar-refractivity contribution in [3.05, 3.63) is 72.3 Å². The molecule has 0 spiro atoms. The minimum absolute atomic E-state index is 0.140. The van der Waals surface area contributed by atoms with Crippen LogP contribution in [0.1, 0.15) is 10.4 Å². The van der Waals surface area contributed by atoms with Crippen LogP contribution in [0.4, 0.5) is 4.39 Å². The zero-order valence-electron chi connectivity index (χ0n) is 10.9. The number of benzene rings is 2. The van der Waals surface area contributed by atoms with Crippen LogP contribution in [0.25, 0.3) is 16.8 Å². The van der Waals surface area contributed by atoms with Gasteiger partial charge in [-0.3, -0.25) is 0 Å². The fraction of sp³-hybridized carbons (Fsp3) is 0. The standard InChI is InChI=1S/C16H11FN2O2/c17-14-7-3-1-5-12(14)11-9-18-19(10-11)15-8-4-2-6-13(15)16(20)21/h1-10H,(H,20,21). The van der Waals surface area contributed by atoms with Gasteiger partial charge in [0.25, 0.3) is 0 Å². The Morgan fingerprint density at radius 2 is 1.81 bits per heavy atom. The zero-order valence-corrected chi connectivity index (χ0v) is 10.9. The Labute approximate surface area is 120 Å². The Bertz CT molecular complexity index is 811. The lowest BCUT2D eigenvalue weighted by atomic mass is 10.1. The highest BCUT2D eigenvalue weighted by molar-refractivity contribution is 5.91. The maximum atomic E-state index is 13.8. The topological polar surface area (TPSA) is 55.1 Å². The van der Waals surface area contributed by atoms with Gasteiger partial charge in [0.15, 0.2) is 0 Å². The van der Waals surface area contributed by atoms with Gasteiger partial charge < -0.3 is 5.11 Å². The quantitative estimate of drug-likeness (QED) is 0.801. The number of carboxylic acids is 1. The molecule has 1 N–H and O–H groups in total. The van der Waals surface area contributed by atoms with Gasteiger partial charge in [0, 0.05) is 17.3 Å². The Kier molecular flexibility index (Phi) is 3.23. The molecule has 4 nitrogen and oxygen atoms in total. The first kappa shape index (κ1) is 13.1. The van der Waals surface area contributed by atoms with Gasteiger partial charge in [-0.1, -0.05) is 30.3 Å². The van der Waals surface area contributed by atoms with Crippen LogP contribution in [0.2, 0.25) is 0 Å². The van der Waals surface area contributed by atoms with Crippen LogP contribution in [-0.2, 0) is 0 Å². The first-order chi connectivity index (χ1) is 10.2. The summed E-state index contributed by atoms with van der Waals surface area (Å²) < 4.78 is 15.2. The largest absolute Gasteiger partial charge is 0.478 e. The molecule has 0 radical (unpaired) electrons. The summed E-state index contributed by atoms with van der Waals surface area (Å²) in [6.07, 6.45) is 3.12. The van der Waals surface area contributed by atoms with E-state index in [0.717, 1.165) is 0 Å². The van der Waals surface area contributed by atoms with Gasteiger partial charge >= 0.3 is 5.97 Å². The van der Waals surface area contributed by atoms with Gasteiger partial charge in [0.2, 0.25) is 0 Å². The number of rotatable bonds is 3. The summed E-state index contributed by atoms with van der Waals surface area (Å²) in [5.41, 5.74) is 1.60. The van der Waals surface area contributed by atoms with E-state index in [1.165, 1.54) is 23.0 Å². The number of hydrogen-bond donors (Lipinski definition) is 1. The Morgan fingerprint density at radius 3 is 2.57 bits per heavy atom. The Balaban J connectivity index is 2.08. The molecule has 3 rings (SSSR count). The monoisotopic (exact) mass is 282 g/mol. The number of nitrogens with zero attached hydrogens (tertiary/aromatic N) is 2. The first-order valence-corrected chi connectivity index (χ1v) is 6.29. The van der Waals surface area contributed by atoms with Crippen LogP contribution < -0.4 is 0 Å². The van der Waals surface area contributed by atoms with E-state index < -0.39 is 5.97 Å². The molecule has 0 bridgehead atoms. The van der Waals surface area contributed by atoms with Crippen molar-refractivity contribution >= 4 is 5.97 Å². The average Bonchev–Trinajstić information content (AvgIpc) is 2.97. The molecule has 0 unspecified atom stereocenters. The van der Waals surface area contributed by atoms with Crippen molar-refractivity contribution in [2.24, 2.45) is 0 Å². The Morgan fingerprint density at radius 1 is 1.10 bits per heavy atom. The number of para-hydroxylation sites is 1. The van der Waals surface area contributed by atoms with Crippen LogP contribution in [0, 0.1) is 5.82 Å². The molecule has 3 aromatic rings. The van der Waals surface area contributed by atoms with Crippen molar-refractivity contribution in [2.75, 3.05) is 0 Å². The summed E-state index contributed by atoms with van der Waals surface area (Å²) >= 11 is 0. The summed E-state index contributed by atoms with van der Waals surface area (Å²) in [6, 6.07) is 12.9. The molecule has 0 fully saturated rings. The highest BCUT2D eigenvalue weighted by atomic mass is 19.1. The SMILES string of the molecule is O=C(O)c1ccccc1-n1cc(-c2ccccc2F)cn1. The molecule has 5 heteroatoms. The van der Waals surface area contributed by atoms with Gasteiger partial charge in [-0.05, 0) is 18.2 Å². The van der Waals surface area contributed by atoms with E-state index in [1.807, 2.05) is 0 Å². The highest BCUT2D eigenvalue weighted by Gasteiger charge is 2.13. The van der Waals surface area contributed by atoms with Crippen molar-refractivity contribution in [1.29, 1.82) is 0 Å². The number of hydrogen-bond acceptors (Lipinski definition) is 2. The lowest BCUT2D eigenvalue weighted by Crippen LogP contribution is -2.05. The second kappa shape index (κ2) is 5.20. The maximum Gasteiger partial charge on any atom is 0.337 e. The molecule has 2 aromatic carbocycles. The van der Waals surface area contributed by atoms with E-state index in [0.29, 0.717) is 16.8 Å². The van der Waals surface area contributed by atoms with Crippen molar-refractivity contribution in [2.45, 2.75) is 0 Å². The zero-order chi connectivity index (χ0) is 14.8. The van der Waals surface area contributed by atoms with E-state index in [9.17, 15) is 14.3 Å². The lowest BCUT2D eigenvalue weighted by Gasteiger charge is -2.05. The van der Waals surface area contributed by atoms with Crippen LogP contribution >= 0.6 is 0 Å². The Hall–Kier alpha value is -2.95. The third-order valence-electron chi connectivity index (χ3n) is 3.15. The van der Waals surface area contributed by atoms with Crippen LogP contribution in [0.3, 0.4) is 0 Å². The van der Waals surface area contributed by atoms with E-state index in [1.54, 1.807) is 42.6 Å². The third kappa shape index (κ3) is 2.41. The van der Waals surface area contributed by atoms with Gasteiger partial charge in [-0.25, -0.2) is 13.9 Å². The number of carbonyl (C=O) groups is 1. The molecule has 0 aliphatic carbocycles. The molecule has 0 saturated carbocycles. The minimum atomic E-state index is -1.03. The summed E-state index contributed by atoms with van der Waals surface area (Å²) in [7, 11) is 0. The van der Waals surface area contributed by atoms with Crippen molar-refractivity contribution in [3.63, 3.8) is 0 Å². The molecule has 0 atom stereocenters. The summed E-state index contributed by atoms with van der Waals surface area (Å²) in [4.78, 5) is 11.2. The fourth-order valence-corrected chi connectivity index (χ4v) is 2.14. The predicted molar refractivity (Wildman–Crippen MR) is 75.9 cm³/mol. The van der Waals surface area contributed by atoms with Crippen molar-refractivity contribution in [3.8, 4) is 16.8 Å². The lowest BCUT2D eigenvalue weighted by molar-refractivity contribution is 0.0696. The summed E-state index contributed by atoms with van der Waals surface area (Å²) in [5, 5.41) is 13.3. The highest BCUT2D eigenvalue weighted by Crippen LogP contribution is 2.23. The average molecular weight is 282 g/mol. The molecular formula is C16H11FN2O2. The minimum Gasteiger partial charge on any atom is -0.478 e. The van der Waals surface area contributed by atoms with E-state index in [-0.39, 0.29) is 11.4 Å². The van der Waals surface area contributed by atoms with Crippen molar-refractivity contribution in [1.82, 2.24) is 9.78 Å². The van der Waals surface area contributed by atoms with E-state index in [2.05, 4.69) is 5.10 Å². The first-order valence-electron chi connectivity index (χ1n) is 6.29. The van der Waals surface area contributed by atoms with Crippen LogP contribution in [0.15, 0.2) is 60.9 Å². The normalized spacial score (nSPS) is 10.5. The second-order valence-electron chi connectivity index (χ2n) is 4.48. The molecule has 21 heavy (non-hydrogen) atoms. The predicted octanol–water partition coefficient (Wildman–Crippen LogP) is 3.38. The number of halogens is 1. The molecule has 0 aliphatic heterocycles. The number of carboxylic acid groups (broad SMARTS) is 1. The van der Waals surface area contributed by atoms with Crippen LogP contribution in [-0.4, -0.2) is 20.9 Å². The van der Waals surface area contributed by atoms with Gasteiger partial charge in [-0.15, -0.1) is 0 Å².